The van der Waals surface area contributed by atoms with Crippen LogP contribution in [0, 0.1) is 6.92 Å². The van der Waals surface area contributed by atoms with Crippen molar-refractivity contribution in [3.8, 4) is 0 Å². The van der Waals surface area contributed by atoms with E-state index in [0.29, 0.717) is 5.13 Å². The number of aliphatic carboxylic acids is 1. The van der Waals surface area contributed by atoms with Crippen LogP contribution in [0.1, 0.15) is 12.0 Å². The van der Waals surface area contributed by atoms with Crippen LogP contribution in [0.25, 0.3) is 10.2 Å². The Kier molecular flexibility index (Phi) is 4.71. The standard InChI is InChI=1S/C13H15N3O4S/c1-7-2-3-8-10(6-7)21-13(15-8)16-12(20)14-5-4-9(17)11(18)19/h2-3,6,9,17H,4-5H2,1H3,(H,18,19)(H2,14,15,16,20)/t9-/m0/s1. The molecule has 0 aliphatic heterocycles. The molecule has 0 bridgehead atoms. The Hall–Kier alpha value is -2.19. The zero-order chi connectivity index (χ0) is 15.4. The van der Waals surface area contributed by atoms with Crippen LogP contribution in [0.3, 0.4) is 0 Å². The van der Waals surface area contributed by atoms with Gasteiger partial charge in [0.15, 0.2) is 11.2 Å². The molecule has 21 heavy (non-hydrogen) atoms. The molecule has 2 aromatic rings. The number of amides is 2. The number of aryl methyl sites for hydroxylation is 1. The zero-order valence-corrected chi connectivity index (χ0v) is 12.1. The fraction of sp³-hybridized carbons (Fsp3) is 0.308. The number of hydrogen-bond donors (Lipinski definition) is 4. The molecule has 0 spiro atoms. The SMILES string of the molecule is Cc1ccc2nc(NC(=O)NCC[C@H](O)C(=O)O)sc2c1. The van der Waals surface area contributed by atoms with Gasteiger partial charge in [0, 0.05) is 13.0 Å². The van der Waals surface area contributed by atoms with E-state index in [-0.39, 0.29) is 13.0 Å². The summed E-state index contributed by atoms with van der Waals surface area (Å²) >= 11 is 1.36. The lowest BCUT2D eigenvalue weighted by Gasteiger charge is -2.07. The number of carbonyl (C=O) groups is 2. The highest BCUT2D eigenvalue weighted by molar-refractivity contribution is 7.22. The molecule has 0 saturated heterocycles. The van der Waals surface area contributed by atoms with Crippen molar-refractivity contribution in [2.75, 3.05) is 11.9 Å². The van der Waals surface area contributed by atoms with E-state index >= 15 is 0 Å². The van der Waals surface area contributed by atoms with Crippen LogP contribution in [0.5, 0.6) is 0 Å². The number of carboxylic acids is 1. The number of nitrogens with zero attached hydrogens (tertiary/aromatic N) is 1. The van der Waals surface area contributed by atoms with Crippen LogP contribution >= 0.6 is 11.3 Å². The minimum absolute atomic E-state index is 0.0538. The van der Waals surface area contributed by atoms with Crippen LogP contribution in [-0.4, -0.2) is 39.8 Å². The number of aliphatic hydroxyl groups excluding tert-OH is 1. The van der Waals surface area contributed by atoms with Gasteiger partial charge in [-0.3, -0.25) is 5.32 Å². The van der Waals surface area contributed by atoms with Gasteiger partial charge in [-0.1, -0.05) is 17.4 Å². The van der Waals surface area contributed by atoms with Crippen molar-refractivity contribution in [1.29, 1.82) is 0 Å². The fourth-order valence-corrected chi connectivity index (χ4v) is 2.63. The first-order valence-corrected chi connectivity index (χ1v) is 7.10. The molecular weight excluding hydrogens is 294 g/mol. The number of thiazole rings is 1. The summed E-state index contributed by atoms with van der Waals surface area (Å²) in [5.41, 5.74) is 1.92. The summed E-state index contributed by atoms with van der Waals surface area (Å²) in [6.45, 7) is 2.04. The Morgan fingerprint density at radius 3 is 2.90 bits per heavy atom. The molecule has 0 aliphatic rings. The Bertz CT molecular complexity index is 670. The summed E-state index contributed by atoms with van der Waals surface area (Å²) in [4.78, 5) is 26.3. The van der Waals surface area contributed by atoms with Gasteiger partial charge in [-0.15, -0.1) is 0 Å². The summed E-state index contributed by atoms with van der Waals surface area (Å²) in [6.07, 6.45) is -1.53. The zero-order valence-electron chi connectivity index (χ0n) is 11.3. The van der Waals surface area contributed by atoms with Gasteiger partial charge >= 0.3 is 12.0 Å². The Morgan fingerprint density at radius 2 is 2.19 bits per heavy atom. The molecule has 0 fully saturated rings. The molecule has 112 valence electrons. The summed E-state index contributed by atoms with van der Waals surface area (Å²) < 4.78 is 0.978. The molecule has 4 N–H and O–H groups in total. The van der Waals surface area contributed by atoms with Crippen molar-refractivity contribution < 1.29 is 19.8 Å². The van der Waals surface area contributed by atoms with Gasteiger partial charge in [-0.05, 0) is 24.6 Å². The molecule has 1 atom stereocenters. The topological polar surface area (TPSA) is 112 Å². The minimum atomic E-state index is -1.48. The van der Waals surface area contributed by atoms with Gasteiger partial charge < -0.3 is 15.5 Å². The lowest BCUT2D eigenvalue weighted by molar-refractivity contribution is -0.146. The van der Waals surface area contributed by atoms with Crippen molar-refractivity contribution >= 4 is 38.7 Å². The summed E-state index contributed by atoms with van der Waals surface area (Å²) in [6, 6.07) is 5.33. The van der Waals surface area contributed by atoms with Crippen LogP contribution in [0.15, 0.2) is 18.2 Å². The van der Waals surface area contributed by atoms with Gasteiger partial charge in [0.2, 0.25) is 0 Å². The van der Waals surface area contributed by atoms with E-state index in [1.165, 1.54) is 11.3 Å². The van der Waals surface area contributed by atoms with E-state index in [9.17, 15) is 9.59 Å². The number of benzene rings is 1. The Morgan fingerprint density at radius 1 is 1.43 bits per heavy atom. The van der Waals surface area contributed by atoms with Gasteiger partial charge in [-0.2, -0.15) is 0 Å². The highest BCUT2D eigenvalue weighted by Crippen LogP contribution is 2.26. The minimum Gasteiger partial charge on any atom is -0.479 e. The second-order valence-electron chi connectivity index (χ2n) is 4.51. The number of urea groups is 1. The maximum atomic E-state index is 11.6. The second-order valence-corrected chi connectivity index (χ2v) is 5.54. The number of aromatic nitrogens is 1. The summed E-state index contributed by atoms with van der Waals surface area (Å²) in [7, 11) is 0. The third-order valence-corrected chi connectivity index (χ3v) is 3.69. The molecule has 0 aliphatic carbocycles. The summed E-state index contributed by atoms with van der Waals surface area (Å²) in [5.74, 6) is -1.31. The number of anilines is 1. The van der Waals surface area contributed by atoms with Crippen molar-refractivity contribution in [2.24, 2.45) is 0 Å². The van der Waals surface area contributed by atoms with Crippen molar-refractivity contribution in [1.82, 2.24) is 10.3 Å². The Labute approximate surface area is 124 Å². The maximum absolute atomic E-state index is 11.6. The van der Waals surface area contributed by atoms with Gasteiger partial charge in [0.05, 0.1) is 10.2 Å². The quantitative estimate of drug-likeness (QED) is 0.670. The normalized spacial score (nSPS) is 12.1. The van der Waals surface area contributed by atoms with Crippen molar-refractivity contribution in [3.05, 3.63) is 23.8 Å². The predicted molar refractivity (Wildman–Crippen MR) is 79.6 cm³/mol. The highest BCUT2D eigenvalue weighted by Gasteiger charge is 2.13. The van der Waals surface area contributed by atoms with Crippen molar-refractivity contribution in [2.45, 2.75) is 19.4 Å². The highest BCUT2D eigenvalue weighted by atomic mass is 32.1. The molecule has 0 radical (unpaired) electrons. The molecule has 2 rings (SSSR count). The van der Waals surface area contributed by atoms with Crippen LogP contribution in [0.4, 0.5) is 9.93 Å². The van der Waals surface area contributed by atoms with E-state index in [2.05, 4.69) is 15.6 Å². The maximum Gasteiger partial charge on any atom is 0.332 e. The Balaban J connectivity index is 1.88. The molecule has 0 saturated carbocycles. The van der Waals surface area contributed by atoms with E-state index in [1.807, 2.05) is 25.1 Å². The van der Waals surface area contributed by atoms with E-state index < -0.39 is 18.1 Å². The molecule has 0 unspecified atom stereocenters. The monoisotopic (exact) mass is 309 g/mol. The lowest BCUT2D eigenvalue weighted by atomic mass is 10.2. The fourth-order valence-electron chi connectivity index (χ4n) is 1.67. The van der Waals surface area contributed by atoms with E-state index in [0.717, 1.165) is 15.8 Å². The number of fused-ring (bicyclic) bond motifs is 1. The molecule has 1 heterocycles. The third kappa shape index (κ3) is 4.14. The molecular formula is C13H15N3O4S. The van der Waals surface area contributed by atoms with Crippen LogP contribution in [0.2, 0.25) is 0 Å². The lowest BCUT2D eigenvalue weighted by Crippen LogP contribution is -2.33. The van der Waals surface area contributed by atoms with Crippen LogP contribution < -0.4 is 10.6 Å². The molecule has 2 amide bonds. The average Bonchev–Trinajstić information content (AvgIpc) is 2.79. The van der Waals surface area contributed by atoms with E-state index in [1.54, 1.807) is 0 Å². The van der Waals surface area contributed by atoms with Crippen LogP contribution in [-0.2, 0) is 4.79 Å². The molecule has 7 nitrogen and oxygen atoms in total. The van der Waals surface area contributed by atoms with Gasteiger partial charge in [0.1, 0.15) is 0 Å². The summed E-state index contributed by atoms with van der Waals surface area (Å²) in [5, 5.41) is 23.1. The molecule has 8 heteroatoms. The third-order valence-electron chi connectivity index (χ3n) is 2.75. The smallest absolute Gasteiger partial charge is 0.332 e. The van der Waals surface area contributed by atoms with Gasteiger partial charge in [-0.25, -0.2) is 14.6 Å². The molecule has 1 aromatic heterocycles. The number of carbonyl (C=O) groups excluding carboxylic acids is 1. The predicted octanol–water partition coefficient (Wildman–Crippen LogP) is 1.56. The largest absolute Gasteiger partial charge is 0.479 e. The number of aliphatic hydroxyl groups is 1. The first-order valence-electron chi connectivity index (χ1n) is 6.28. The van der Waals surface area contributed by atoms with Gasteiger partial charge in [0.25, 0.3) is 0 Å². The molecule has 1 aromatic carbocycles. The van der Waals surface area contributed by atoms with Crippen molar-refractivity contribution in [3.63, 3.8) is 0 Å². The number of rotatable bonds is 5. The average molecular weight is 309 g/mol. The first kappa shape index (κ1) is 15.2. The first-order chi connectivity index (χ1) is 9.95. The number of carboxylic acid groups (broad SMARTS) is 1. The number of nitrogens with one attached hydrogen (secondary N) is 2. The second kappa shape index (κ2) is 6.51. The number of hydrogen-bond acceptors (Lipinski definition) is 5. The van der Waals surface area contributed by atoms with E-state index in [4.69, 9.17) is 10.2 Å².